The SMILES string of the molecule is COc1ccc2[nH]c(C)c(Cc3nc(-c4cccc(Br)c4)cs3)c2c1C(=O)c1ccc(Cl)cc1. The molecule has 0 saturated heterocycles. The number of nitrogens with zero attached hydrogens (tertiary/aromatic N) is 1. The molecule has 0 aliphatic heterocycles. The summed E-state index contributed by atoms with van der Waals surface area (Å²) >= 11 is 11.2. The molecule has 3 aromatic carbocycles. The first-order chi connectivity index (χ1) is 16.4. The molecule has 0 unspecified atom stereocenters. The number of hydrogen-bond acceptors (Lipinski definition) is 4. The van der Waals surface area contributed by atoms with Crippen molar-refractivity contribution in [1.29, 1.82) is 0 Å². The van der Waals surface area contributed by atoms with E-state index >= 15 is 0 Å². The second kappa shape index (κ2) is 9.37. The van der Waals surface area contributed by atoms with Gasteiger partial charge in [-0.15, -0.1) is 11.3 Å². The maximum atomic E-state index is 13.6. The molecule has 0 radical (unpaired) electrons. The summed E-state index contributed by atoms with van der Waals surface area (Å²) in [5, 5.41) is 4.51. The van der Waals surface area contributed by atoms with E-state index in [-0.39, 0.29) is 5.78 Å². The molecule has 1 N–H and O–H groups in total. The lowest BCUT2D eigenvalue weighted by Crippen LogP contribution is -2.06. The van der Waals surface area contributed by atoms with Crippen LogP contribution in [0.25, 0.3) is 22.2 Å². The minimum Gasteiger partial charge on any atom is -0.496 e. The molecule has 170 valence electrons. The molecule has 0 atom stereocenters. The number of ketones is 1. The first-order valence-corrected chi connectivity index (χ1v) is 12.7. The normalized spacial score (nSPS) is 11.2. The van der Waals surface area contributed by atoms with Crippen LogP contribution >= 0.6 is 38.9 Å². The van der Waals surface area contributed by atoms with Crippen LogP contribution in [0.3, 0.4) is 0 Å². The Morgan fingerprint density at radius 3 is 2.68 bits per heavy atom. The van der Waals surface area contributed by atoms with Gasteiger partial charge in [-0.3, -0.25) is 4.79 Å². The van der Waals surface area contributed by atoms with Gasteiger partial charge in [0, 0.05) is 49.0 Å². The number of benzene rings is 3. The van der Waals surface area contributed by atoms with E-state index in [0.717, 1.165) is 42.9 Å². The largest absolute Gasteiger partial charge is 0.496 e. The van der Waals surface area contributed by atoms with Gasteiger partial charge in [0.25, 0.3) is 0 Å². The van der Waals surface area contributed by atoms with E-state index in [2.05, 4.69) is 32.4 Å². The van der Waals surface area contributed by atoms with Crippen LogP contribution in [-0.4, -0.2) is 22.9 Å². The first-order valence-electron chi connectivity index (χ1n) is 10.6. The Hall–Kier alpha value is -2.93. The van der Waals surface area contributed by atoms with E-state index < -0.39 is 0 Å². The third-order valence-corrected chi connectivity index (χ3v) is 7.39. The Kier molecular flexibility index (Phi) is 6.30. The van der Waals surface area contributed by atoms with Crippen LogP contribution in [0.1, 0.15) is 32.2 Å². The standard InChI is InChI=1S/C27H20BrClN2O2S/c1-15-20(13-24-31-22(14-34-24)17-4-3-5-18(28)12-17)25-21(30-15)10-11-23(33-2)26(25)27(32)16-6-8-19(29)9-7-16/h3-12,14,30H,13H2,1-2H3. The Morgan fingerprint density at radius 1 is 1.15 bits per heavy atom. The molecule has 0 fully saturated rings. The summed E-state index contributed by atoms with van der Waals surface area (Å²) in [7, 11) is 1.59. The molecule has 34 heavy (non-hydrogen) atoms. The van der Waals surface area contributed by atoms with Gasteiger partial charge >= 0.3 is 0 Å². The zero-order valence-corrected chi connectivity index (χ0v) is 21.6. The number of halogens is 2. The molecule has 2 aromatic heterocycles. The van der Waals surface area contributed by atoms with E-state index in [9.17, 15) is 4.79 Å². The highest BCUT2D eigenvalue weighted by molar-refractivity contribution is 9.10. The Labute approximate surface area is 214 Å². The minimum absolute atomic E-state index is 0.103. The highest BCUT2D eigenvalue weighted by Gasteiger charge is 2.23. The number of thiazole rings is 1. The van der Waals surface area contributed by atoms with Crippen LogP contribution in [0, 0.1) is 6.92 Å². The molecule has 7 heteroatoms. The molecule has 0 bridgehead atoms. The van der Waals surface area contributed by atoms with E-state index in [1.54, 1.807) is 42.7 Å². The summed E-state index contributed by atoms with van der Waals surface area (Å²) < 4.78 is 6.65. The number of methoxy groups -OCH3 is 1. The maximum Gasteiger partial charge on any atom is 0.197 e. The molecule has 0 aliphatic rings. The molecular weight excluding hydrogens is 532 g/mol. The summed E-state index contributed by atoms with van der Waals surface area (Å²) in [6.45, 7) is 2.03. The fraction of sp³-hybridized carbons (Fsp3) is 0.111. The lowest BCUT2D eigenvalue weighted by molar-refractivity contribution is 0.103. The van der Waals surface area contributed by atoms with E-state index in [0.29, 0.717) is 28.3 Å². The fourth-order valence-corrected chi connectivity index (χ4v) is 5.49. The van der Waals surface area contributed by atoms with Crippen LogP contribution in [0.4, 0.5) is 0 Å². The number of rotatable bonds is 6. The number of carbonyl (C=O) groups is 1. The first kappa shape index (κ1) is 22.8. The van der Waals surface area contributed by atoms with Crippen molar-refractivity contribution >= 4 is 55.6 Å². The molecule has 2 heterocycles. The van der Waals surface area contributed by atoms with Crippen LogP contribution in [0.15, 0.2) is 70.5 Å². The van der Waals surface area contributed by atoms with Crippen molar-refractivity contribution in [3.05, 3.63) is 103 Å². The van der Waals surface area contributed by atoms with Crippen molar-refractivity contribution in [2.45, 2.75) is 13.3 Å². The summed E-state index contributed by atoms with van der Waals surface area (Å²) in [4.78, 5) is 22.0. The Morgan fingerprint density at radius 2 is 1.94 bits per heavy atom. The van der Waals surface area contributed by atoms with Gasteiger partial charge < -0.3 is 9.72 Å². The highest BCUT2D eigenvalue weighted by Crippen LogP contribution is 2.36. The van der Waals surface area contributed by atoms with Crippen LogP contribution < -0.4 is 4.74 Å². The summed E-state index contributed by atoms with van der Waals surface area (Å²) in [6.07, 6.45) is 0.610. The van der Waals surface area contributed by atoms with Gasteiger partial charge in [0.1, 0.15) is 5.75 Å². The molecule has 5 aromatic rings. The molecule has 0 aliphatic carbocycles. The number of hydrogen-bond donors (Lipinski definition) is 1. The quantitative estimate of drug-likeness (QED) is 0.219. The van der Waals surface area contributed by atoms with Crippen molar-refractivity contribution in [3.63, 3.8) is 0 Å². The number of aryl methyl sites for hydroxylation is 1. The number of aromatic amines is 1. The molecule has 0 spiro atoms. The highest BCUT2D eigenvalue weighted by atomic mass is 79.9. The maximum absolute atomic E-state index is 13.6. The number of fused-ring (bicyclic) bond motifs is 1. The van der Waals surface area contributed by atoms with Gasteiger partial charge in [-0.05, 0) is 61.0 Å². The third-order valence-electron chi connectivity index (χ3n) is 5.80. The second-order valence-electron chi connectivity index (χ2n) is 7.94. The Bertz CT molecular complexity index is 1520. The topological polar surface area (TPSA) is 55.0 Å². The Balaban J connectivity index is 1.60. The zero-order chi connectivity index (χ0) is 23.8. The van der Waals surface area contributed by atoms with Crippen molar-refractivity contribution < 1.29 is 9.53 Å². The van der Waals surface area contributed by atoms with Crippen LogP contribution in [-0.2, 0) is 6.42 Å². The summed E-state index contributed by atoms with van der Waals surface area (Å²) in [5.74, 6) is 0.440. The monoisotopic (exact) mass is 550 g/mol. The smallest absolute Gasteiger partial charge is 0.197 e. The van der Waals surface area contributed by atoms with E-state index in [1.165, 1.54) is 0 Å². The molecule has 0 saturated carbocycles. The lowest BCUT2D eigenvalue weighted by atomic mass is 9.95. The molecule has 0 amide bonds. The number of carbonyl (C=O) groups excluding carboxylic acids is 1. The lowest BCUT2D eigenvalue weighted by Gasteiger charge is -2.11. The average molecular weight is 552 g/mol. The zero-order valence-electron chi connectivity index (χ0n) is 18.5. The molecular formula is C27H20BrClN2O2S. The van der Waals surface area contributed by atoms with Gasteiger partial charge in [0.15, 0.2) is 5.78 Å². The molecule has 5 rings (SSSR count). The predicted octanol–water partition coefficient (Wildman–Crippen LogP) is 7.85. The number of H-pyrrole nitrogens is 1. The van der Waals surface area contributed by atoms with Crippen molar-refractivity contribution in [2.75, 3.05) is 7.11 Å². The minimum atomic E-state index is -0.103. The number of ether oxygens (including phenoxy) is 1. The summed E-state index contributed by atoms with van der Waals surface area (Å²) in [5.41, 5.74) is 6.06. The van der Waals surface area contributed by atoms with Gasteiger partial charge in [-0.2, -0.15) is 0 Å². The number of aromatic nitrogens is 2. The number of nitrogens with one attached hydrogen (secondary N) is 1. The predicted molar refractivity (Wildman–Crippen MR) is 143 cm³/mol. The summed E-state index contributed by atoms with van der Waals surface area (Å²) in [6, 6.07) is 18.8. The van der Waals surface area contributed by atoms with Crippen molar-refractivity contribution in [1.82, 2.24) is 9.97 Å². The second-order valence-corrected chi connectivity index (χ2v) is 10.2. The van der Waals surface area contributed by atoms with Gasteiger partial charge in [-0.25, -0.2) is 4.98 Å². The van der Waals surface area contributed by atoms with Crippen LogP contribution in [0.5, 0.6) is 5.75 Å². The van der Waals surface area contributed by atoms with E-state index in [1.807, 2.05) is 37.3 Å². The van der Waals surface area contributed by atoms with Gasteiger partial charge in [-0.1, -0.05) is 39.7 Å². The van der Waals surface area contributed by atoms with Crippen LogP contribution in [0.2, 0.25) is 5.02 Å². The van der Waals surface area contributed by atoms with Crippen molar-refractivity contribution in [2.24, 2.45) is 0 Å². The third kappa shape index (κ3) is 4.29. The van der Waals surface area contributed by atoms with Gasteiger partial charge in [0.05, 0.1) is 23.4 Å². The van der Waals surface area contributed by atoms with Gasteiger partial charge in [0.2, 0.25) is 0 Å². The van der Waals surface area contributed by atoms with E-state index in [4.69, 9.17) is 21.3 Å². The van der Waals surface area contributed by atoms with Crippen molar-refractivity contribution in [3.8, 4) is 17.0 Å². The fourth-order valence-electron chi connectivity index (χ4n) is 4.15. The molecule has 4 nitrogen and oxygen atoms in total. The average Bonchev–Trinajstić information content (AvgIpc) is 3.43.